The average molecular weight is 415 g/mol. The number of carboxylic acids is 1. The fraction of sp³-hybridized carbons (Fsp3) is 0.458. The third-order valence-electron chi connectivity index (χ3n) is 5.91. The number of hydrogen-bond donors (Lipinski definition) is 3. The van der Waals surface area contributed by atoms with Crippen molar-refractivity contribution in [3.63, 3.8) is 0 Å². The third-order valence-corrected chi connectivity index (χ3v) is 5.91. The Kier molecular flexibility index (Phi) is 6.66. The first kappa shape index (κ1) is 22.1. The van der Waals surface area contributed by atoms with Crippen LogP contribution in [0, 0.1) is 5.82 Å². The topological polar surface area (TPSA) is 72.8 Å². The molecule has 0 saturated carbocycles. The van der Waals surface area contributed by atoms with E-state index in [2.05, 4.69) is 10.2 Å². The Bertz CT molecular complexity index is 877. The quantitative estimate of drug-likeness (QED) is 0.548. The number of rotatable bonds is 8. The lowest BCUT2D eigenvalue weighted by molar-refractivity contribution is -0.137. The summed E-state index contributed by atoms with van der Waals surface area (Å²) in [7, 11) is 0. The lowest BCUT2D eigenvalue weighted by Crippen LogP contribution is -2.46. The van der Waals surface area contributed by atoms with Crippen molar-refractivity contribution in [2.75, 3.05) is 16.8 Å². The van der Waals surface area contributed by atoms with Crippen molar-refractivity contribution in [1.29, 1.82) is 0 Å². The van der Waals surface area contributed by atoms with Gasteiger partial charge in [-0.25, -0.2) is 4.39 Å². The third kappa shape index (κ3) is 5.11. The van der Waals surface area contributed by atoms with Gasteiger partial charge >= 0.3 is 5.97 Å². The number of aliphatic carboxylic acids is 1. The fourth-order valence-electron chi connectivity index (χ4n) is 4.35. The Labute approximate surface area is 177 Å². The molecule has 5 nitrogen and oxygen atoms in total. The maximum Gasteiger partial charge on any atom is 0.303 e. The Balaban J connectivity index is 2.02. The lowest BCUT2D eigenvalue weighted by atomic mass is 9.91. The van der Waals surface area contributed by atoms with Crippen LogP contribution in [0.15, 0.2) is 42.5 Å². The van der Waals surface area contributed by atoms with E-state index in [-0.39, 0.29) is 24.2 Å². The van der Waals surface area contributed by atoms with Gasteiger partial charge in [0.1, 0.15) is 5.82 Å². The van der Waals surface area contributed by atoms with Crippen molar-refractivity contribution in [2.24, 2.45) is 0 Å². The Hall–Kier alpha value is -2.60. The van der Waals surface area contributed by atoms with E-state index in [1.165, 1.54) is 12.1 Å². The van der Waals surface area contributed by atoms with Crippen LogP contribution >= 0.6 is 0 Å². The Morgan fingerprint density at radius 2 is 1.97 bits per heavy atom. The van der Waals surface area contributed by atoms with Crippen LogP contribution in [-0.2, 0) is 4.79 Å². The van der Waals surface area contributed by atoms with Crippen LogP contribution in [0.25, 0.3) is 0 Å². The highest BCUT2D eigenvalue weighted by molar-refractivity contribution is 5.77. The largest absolute Gasteiger partial charge is 0.481 e. The molecule has 1 heterocycles. The standard InChI is InChI=1S/C24H31FN2O3/c1-4-16(15-23(28)29)17-7-12-21(27-13-5-6-22(27)24(2,3)30)20(14-17)26-19-10-8-18(25)9-11-19/h7-12,14,16,22,26,30H,4-6,13,15H2,1-3H3,(H,28,29). The molecule has 0 spiro atoms. The van der Waals surface area contributed by atoms with Gasteiger partial charge in [-0.15, -0.1) is 0 Å². The molecular formula is C24H31FN2O3. The van der Waals surface area contributed by atoms with Gasteiger partial charge < -0.3 is 20.4 Å². The maximum atomic E-state index is 13.4. The first-order valence-corrected chi connectivity index (χ1v) is 10.6. The molecule has 1 aliphatic heterocycles. The number of anilines is 3. The zero-order valence-corrected chi connectivity index (χ0v) is 17.9. The summed E-state index contributed by atoms with van der Waals surface area (Å²) in [5.74, 6) is -1.21. The number of hydrogen-bond acceptors (Lipinski definition) is 4. The molecule has 30 heavy (non-hydrogen) atoms. The van der Waals surface area contributed by atoms with Crippen molar-refractivity contribution in [3.05, 3.63) is 53.8 Å². The van der Waals surface area contributed by atoms with Gasteiger partial charge in [0.2, 0.25) is 0 Å². The highest BCUT2D eigenvalue weighted by Gasteiger charge is 2.37. The Morgan fingerprint density at radius 3 is 2.57 bits per heavy atom. The summed E-state index contributed by atoms with van der Waals surface area (Å²) >= 11 is 0. The number of nitrogens with one attached hydrogen (secondary N) is 1. The highest BCUT2D eigenvalue weighted by Crippen LogP contribution is 2.39. The molecular weight excluding hydrogens is 383 g/mol. The molecule has 1 saturated heterocycles. The zero-order chi connectivity index (χ0) is 21.9. The molecule has 0 aromatic heterocycles. The van der Waals surface area contributed by atoms with E-state index >= 15 is 0 Å². The van der Waals surface area contributed by atoms with Gasteiger partial charge in [0, 0.05) is 12.2 Å². The van der Waals surface area contributed by atoms with Gasteiger partial charge in [0.15, 0.2) is 0 Å². The monoisotopic (exact) mass is 414 g/mol. The number of aliphatic hydroxyl groups is 1. The minimum absolute atomic E-state index is 0.0156. The van der Waals surface area contributed by atoms with Crippen molar-refractivity contribution < 1.29 is 19.4 Å². The van der Waals surface area contributed by atoms with Crippen LogP contribution in [-0.4, -0.2) is 34.4 Å². The summed E-state index contributed by atoms with van der Waals surface area (Å²) in [5.41, 5.74) is 2.64. The normalized spacial score (nSPS) is 17.8. The molecule has 3 N–H and O–H groups in total. The molecule has 0 amide bonds. The van der Waals surface area contributed by atoms with E-state index in [0.29, 0.717) is 0 Å². The minimum Gasteiger partial charge on any atom is -0.481 e. The van der Waals surface area contributed by atoms with E-state index < -0.39 is 11.6 Å². The van der Waals surface area contributed by atoms with Crippen molar-refractivity contribution in [3.8, 4) is 0 Å². The van der Waals surface area contributed by atoms with Crippen LogP contribution in [0.3, 0.4) is 0 Å². The first-order valence-electron chi connectivity index (χ1n) is 10.6. The predicted octanol–water partition coefficient (Wildman–Crippen LogP) is 5.28. The molecule has 2 aromatic rings. The molecule has 2 unspecified atom stereocenters. The van der Waals surface area contributed by atoms with E-state index in [4.69, 9.17) is 0 Å². The first-order chi connectivity index (χ1) is 14.2. The highest BCUT2D eigenvalue weighted by atomic mass is 19.1. The summed E-state index contributed by atoms with van der Waals surface area (Å²) < 4.78 is 13.4. The molecule has 2 atom stereocenters. The van der Waals surface area contributed by atoms with Crippen LogP contribution in [0.5, 0.6) is 0 Å². The molecule has 0 radical (unpaired) electrons. The molecule has 3 rings (SSSR count). The number of nitrogens with zero attached hydrogens (tertiary/aromatic N) is 1. The molecule has 162 valence electrons. The number of benzene rings is 2. The Morgan fingerprint density at radius 1 is 1.27 bits per heavy atom. The van der Waals surface area contributed by atoms with Gasteiger partial charge in [0.05, 0.1) is 29.4 Å². The van der Waals surface area contributed by atoms with Gasteiger partial charge in [-0.1, -0.05) is 13.0 Å². The molecule has 0 aliphatic carbocycles. The second-order valence-corrected chi connectivity index (χ2v) is 8.62. The van der Waals surface area contributed by atoms with Gasteiger partial charge in [-0.3, -0.25) is 4.79 Å². The zero-order valence-electron chi connectivity index (χ0n) is 17.9. The van der Waals surface area contributed by atoms with E-state index in [9.17, 15) is 19.4 Å². The van der Waals surface area contributed by atoms with Gasteiger partial charge in [0.25, 0.3) is 0 Å². The van der Waals surface area contributed by atoms with Crippen LogP contribution in [0.4, 0.5) is 21.5 Å². The number of carboxylic acid groups (broad SMARTS) is 1. The molecule has 6 heteroatoms. The van der Waals surface area contributed by atoms with Crippen LogP contribution < -0.4 is 10.2 Å². The average Bonchev–Trinajstić information content (AvgIpc) is 3.18. The SMILES string of the molecule is CCC(CC(=O)O)c1ccc(N2CCCC2C(C)(C)O)c(Nc2ccc(F)cc2)c1. The molecule has 1 fully saturated rings. The van der Waals surface area contributed by atoms with E-state index in [0.717, 1.165) is 48.4 Å². The van der Waals surface area contributed by atoms with E-state index in [1.54, 1.807) is 12.1 Å². The summed E-state index contributed by atoms with van der Waals surface area (Å²) in [5, 5.41) is 23.3. The van der Waals surface area contributed by atoms with E-state index in [1.807, 2.05) is 39.0 Å². The molecule has 1 aliphatic rings. The van der Waals surface area contributed by atoms with Crippen LogP contribution in [0.2, 0.25) is 0 Å². The number of halogens is 1. The lowest BCUT2D eigenvalue weighted by Gasteiger charge is -2.36. The summed E-state index contributed by atoms with van der Waals surface area (Å²) in [6.07, 6.45) is 2.68. The van der Waals surface area contributed by atoms with Crippen molar-refractivity contribution >= 4 is 23.0 Å². The van der Waals surface area contributed by atoms with Crippen molar-refractivity contribution in [2.45, 2.75) is 64.0 Å². The second-order valence-electron chi connectivity index (χ2n) is 8.62. The maximum absolute atomic E-state index is 13.4. The predicted molar refractivity (Wildman–Crippen MR) is 118 cm³/mol. The van der Waals surface area contributed by atoms with Crippen LogP contribution in [0.1, 0.15) is 57.9 Å². The van der Waals surface area contributed by atoms with Gasteiger partial charge in [-0.05, 0) is 81.0 Å². The van der Waals surface area contributed by atoms with Crippen molar-refractivity contribution in [1.82, 2.24) is 0 Å². The smallest absolute Gasteiger partial charge is 0.303 e. The van der Waals surface area contributed by atoms with Gasteiger partial charge in [-0.2, -0.15) is 0 Å². The number of carbonyl (C=O) groups is 1. The summed E-state index contributed by atoms with van der Waals surface area (Å²) in [6.45, 7) is 6.48. The summed E-state index contributed by atoms with van der Waals surface area (Å²) in [6, 6.07) is 12.1. The summed E-state index contributed by atoms with van der Waals surface area (Å²) in [4.78, 5) is 13.5. The molecule has 0 bridgehead atoms. The fourth-order valence-corrected chi connectivity index (χ4v) is 4.35. The molecule has 2 aromatic carbocycles. The minimum atomic E-state index is -0.850. The second kappa shape index (κ2) is 9.04.